The van der Waals surface area contributed by atoms with Crippen molar-refractivity contribution in [3.05, 3.63) is 11.1 Å². The number of unbranched alkanes of at least 4 members (excludes halogenated alkanes) is 1. The van der Waals surface area contributed by atoms with Crippen LogP contribution in [0.15, 0.2) is 9.72 Å². The van der Waals surface area contributed by atoms with Gasteiger partial charge < -0.3 is 15.0 Å². The van der Waals surface area contributed by atoms with Gasteiger partial charge in [0.15, 0.2) is 10.0 Å². The van der Waals surface area contributed by atoms with Gasteiger partial charge in [0, 0.05) is 42.7 Å². The molecular formula is C21H33N3O3S2. The van der Waals surface area contributed by atoms with Gasteiger partial charge in [-0.3, -0.25) is 4.79 Å². The van der Waals surface area contributed by atoms with Crippen molar-refractivity contribution in [3.8, 4) is 0 Å². The van der Waals surface area contributed by atoms with Gasteiger partial charge in [-0.15, -0.1) is 11.3 Å². The third-order valence-electron chi connectivity index (χ3n) is 5.68. The normalized spacial score (nSPS) is 20.4. The Balaban J connectivity index is 1.40. The van der Waals surface area contributed by atoms with E-state index in [1.165, 1.54) is 43.4 Å². The quantitative estimate of drug-likeness (QED) is 0.318. The number of hydrogen-bond donors (Lipinski definition) is 1. The Kier molecular flexibility index (Phi) is 9.27. The molecule has 29 heavy (non-hydrogen) atoms. The Bertz CT molecular complexity index is 661. The fourth-order valence-electron chi connectivity index (χ4n) is 3.95. The van der Waals surface area contributed by atoms with E-state index in [2.05, 4.69) is 17.2 Å². The van der Waals surface area contributed by atoms with Crippen LogP contribution in [0.3, 0.4) is 0 Å². The van der Waals surface area contributed by atoms with Crippen molar-refractivity contribution in [1.29, 1.82) is 0 Å². The van der Waals surface area contributed by atoms with Crippen LogP contribution < -0.4 is 5.32 Å². The molecule has 2 heterocycles. The van der Waals surface area contributed by atoms with Gasteiger partial charge in [-0.1, -0.05) is 44.4 Å². The number of aromatic nitrogens is 1. The highest BCUT2D eigenvalue weighted by Crippen LogP contribution is 2.25. The molecule has 6 nitrogen and oxygen atoms in total. The largest absolute Gasteiger partial charge is 0.461 e. The highest BCUT2D eigenvalue weighted by atomic mass is 32.2. The molecule has 1 N–H and O–H groups in total. The molecule has 1 aromatic heterocycles. The number of thioether (sulfide) groups is 1. The van der Waals surface area contributed by atoms with E-state index in [1.807, 2.05) is 4.90 Å². The summed E-state index contributed by atoms with van der Waals surface area (Å²) in [6, 6.07) is 0.937. The second kappa shape index (κ2) is 11.9. The molecule has 2 fully saturated rings. The fourth-order valence-corrected chi connectivity index (χ4v) is 5.76. The van der Waals surface area contributed by atoms with Gasteiger partial charge in [0.2, 0.25) is 5.91 Å². The molecule has 2 aliphatic rings. The van der Waals surface area contributed by atoms with E-state index in [1.54, 1.807) is 17.1 Å². The molecular weight excluding hydrogens is 406 g/mol. The number of rotatable bonds is 11. The number of carbonyl (C=O) groups excluding carboxylic acids is 2. The minimum absolute atomic E-state index is 0.264. The van der Waals surface area contributed by atoms with Gasteiger partial charge in [-0.05, 0) is 25.7 Å². The monoisotopic (exact) mass is 439 g/mol. The summed E-state index contributed by atoms with van der Waals surface area (Å²) in [7, 11) is 0. The standard InChI is InChI=1S/C21H33N3O3S2/c1-2-3-12-27-20(26)18-15-29-21(23-18)28-13-11-24-17(9-10-19(24)25)14-22-16-7-5-4-6-8-16/h15-17,22H,2-14H2,1H3/t17-/m1/s1. The lowest BCUT2D eigenvalue weighted by Crippen LogP contribution is -2.44. The van der Waals surface area contributed by atoms with Crippen LogP contribution in [0.1, 0.15) is 75.2 Å². The van der Waals surface area contributed by atoms with Crippen LogP contribution in [0, 0.1) is 0 Å². The third kappa shape index (κ3) is 6.96. The second-order valence-corrected chi connectivity index (χ2v) is 10.1. The van der Waals surface area contributed by atoms with Gasteiger partial charge in [-0.25, -0.2) is 9.78 Å². The maximum absolute atomic E-state index is 12.3. The number of esters is 1. The van der Waals surface area contributed by atoms with E-state index in [4.69, 9.17) is 4.74 Å². The maximum atomic E-state index is 12.3. The average Bonchev–Trinajstić information content (AvgIpc) is 3.35. The molecule has 0 spiro atoms. The molecule has 1 aliphatic carbocycles. The van der Waals surface area contributed by atoms with Gasteiger partial charge in [0.05, 0.1) is 6.61 Å². The van der Waals surface area contributed by atoms with Crippen molar-refractivity contribution in [1.82, 2.24) is 15.2 Å². The molecule has 3 rings (SSSR count). The summed E-state index contributed by atoms with van der Waals surface area (Å²) < 4.78 is 6.07. The lowest BCUT2D eigenvalue weighted by molar-refractivity contribution is -0.128. The van der Waals surface area contributed by atoms with Gasteiger partial charge in [0.1, 0.15) is 0 Å². The van der Waals surface area contributed by atoms with Crippen molar-refractivity contribution in [2.75, 3.05) is 25.4 Å². The van der Waals surface area contributed by atoms with Gasteiger partial charge >= 0.3 is 5.97 Å². The lowest BCUT2D eigenvalue weighted by atomic mass is 9.95. The second-order valence-electron chi connectivity index (χ2n) is 7.86. The SMILES string of the molecule is CCCCOC(=O)c1csc(SCCN2C(=O)CC[C@@H]2CNC2CCCCC2)n1. The van der Waals surface area contributed by atoms with E-state index in [-0.39, 0.29) is 11.9 Å². The average molecular weight is 440 g/mol. The zero-order valence-corrected chi connectivity index (χ0v) is 19.0. The van der Waals surface area contributed by atoms with Crippen molar-refractivity contribution in [2.45, 2.75) is 81.1 Å². The van der Waals surface area contributed by atoms with E-state index in [0.717, 1.165) is 42.4 Å². The molecule has 0 radical (unpaired) electrons. The van der Waals surface area contributed by atoms with E-state index in [9.17, 15) is 9.59 Å². The number of likely N-dealkylation sites (tertiary alicyclic amines) is 1. The van der Waals surface area contributed by atoms with Crippen molar-refractivity contribution in [2.24, 2.45) is 0 Å². The molecule has 1 atom stereocenters. The van der Waals surface area contributed by atoms with Crippen LogP contribution in [0.25, 0.3) is 0 Å². The summed E-state index contributed by atoms with van der Waals surface area (Å²) in [5.74, 6) is 0.717. The minimum Gasteiger partial charge on any atom is -0.461 e. The van der Waals surface area contributed by atoms with E-state index >= 15 is 0 Å². The topological polar surface area (TPSA) is 71.5 Å². The number of amides is 1. The molecule has 162 valence electrons. The number of carbonyl (C=O) groups is 2. The first-order valence-electron chi connectivity index (χ1n) is 11.0. The Morgan fingerprint density at radius 1 is 1.34 bits per heavy atom. The summed E-state index contributed by atoms with van der Waals surface area (Å²) in [4.78, 5) is 30.7. The zero-order valence-electron chi connectivity index (χ0n) is 17.4. The fraction of sp³-hybridized carbons (Fsp3) is 0.762. The first kappa shape index (κ1) is 22.6. The smallest absolute Gasteiger partial charge is 0.357 e. The third-order valence-corrected chi connectivity index (χ3v) is 7.68. The minimum atomic E-state index is -0.342. The van der Waals surface area contributed by atoms with Crippen molar-refractivity contribution in [3.63, 3.8) is 0 Å². The highest BCUT2D eigenvalue weighted by Gasteiger charge is 2.31. The number of nitrogens with one attached hydrogen (secondary N) is 1. The number of ether oxygens (including phenoxy) is 1. The van der Waals surface area contributed by atoms with Crippen LogP contribution in [-0.2, 0) is 9.53 Å². The van der Waals surface area contributed by atoms with Crippen molar-refractivity contribution >= 4 is 35.0 Å². The molecule has 1 amide bonds. The molecule has 1 saturated carbocycles. The summed E-state index contributed by atoms with van der Waals surface area (Å²) in [5.41, 5.74) is 0.389. The number of thiazole rings is 1. The van der Waals surface area contributed by atoms with Gasteiger partial charge in [-0.2, -0.15) is 0 Å². The van der Waals surface area contributed by atoms with Gasteiger partial charge in [0.25, 0.3) is 0 Å². The number of hydrogen-bond acceptors (Lipinski definition) is 7. The first-order chi connectivity index (χ1) is 14.2. The first-order valence-corrected chi connectivity index (χ1v) is 12.8. The molecule has 0 bridgehead atoms. The van der Waals surface area contributed by atoms with Crippen LogP contribution >= 0.6 is 23.1 Å². The number of nitrogens with zero attached hydrogens (tertiary/aromatic N) is 2. The molecule has 1 aliphatic heterocycles. The summed E-state index contributed by atoms with van der Waals surface area (Å²) >= 11 is 3.07. The Labute approximate surface area is 182 Å². The summed E-state index contributed by atoms with van der Waals surface area (Å²) in [6.07, 6.45) is 10.0. The molecule has 0 aromatic carbocycles. The van der Waals surface area contributed by atoms with Crippen LogP contribution in [0.2, 0.25) is 0 Å². The molecule has 1 aromatic rings. The Morgan fingerprint density at radius 2 is 2.17 bits per heavy atom. The maximum Gasteiger partial charge on any atom is 0.357 e. The predicted octanol–water partition coefficient (Wildman–Crippen LogP) is 4.11. The van der Waals surface area contributed by atoms with Crippen LogP contribution in [0.4, 0.5) is 0 Å². The Morgan fingerprint density at radius 3 is 2.97 bits per heavy atom. The highest BCUT2D eigenvalue weighted by molar-refractivity contribution is 8.01. The Hall–Kier alpha value is -1.12. The summed E-state index contributed by atoms with van der Waals surface area (Å²) in [5, 5.41) is 5.45. The van der Waals surface area contributed by atoms with Crippen LogP contribution in [-0.4, -0.2) is 59.3 Å². The van der Waals surface area contributed by atoms with E-state index in [0.29, 0.717) is 30.8 Å². The predicted molar refractivity (Wildman–Crippen MR) is 118 cm³/mol. The zero-order chi connectivity index (χ0) is 20.5. The molecule has 0 unspecified atom stereocenters. The summed E-state index contributed by atoms with van der Waals surface area (Å²) in [6.45, 7) is 4.15. The van der Waals surface area contributed by atoms with Crippen LogP contribution in [0.5, 0.6) is 0 Å². The molecule has 8 heteroatoms. The lowest BCUT2D eigenvalue weighted by Gasteiger charge is -2.29. The van der Waals surface area contributed by atoms with E-state index < -0.39 is 0 Å². The molecule has 1 saturated heterocycles. The van der Waals surface area contributed by atoms with Crippen molar-refractivity contribution < 1.29 is 14.3 Å².